The number of rotatable bonds is 2. The summed E-state index contributed by atoms with van der Waals surface area (Å²) in [6, 6.07) is 2.00. The summed E-state index contributed by atoms with van der Waals surface area (Å²) in [4.78, 5) is 16.2. The zero-order chi connectivity index (χ0) is 16.0. The van der Waals surface area contributed by atoms with E-state index in [1.54, 1.807) is 6.20 Å². The van der Waals surface area contributed by atoms with Crippen molar-refractivity contribution in [1.29, 1.82) is 0 Å². The molecule has 0 amide bonds. The number of nitrogens with one attached hydrogen (secondary N) is 1. The van der Waals surface area contributed by atoms with Gasteiger partial charge >= 0.3 is 0 Å². The lowest BCUT2D eigenvalue weighted by Crippen LogP contribution is -2.36. The molecule has 2 aromatic rings. The largest absolute Gasteiger partial charge is 0.391 e. The number of nitrogens with two attached hydrogens (primary N) is 1. The molecule has 2 unspecified atom stereocenters. The first-order valence-corrected chi connectivity index (χ1v) is 7.76. The van der Waals surface area contributed by atoms with Crippen LogP contribution < -0.4 is 10.6 Å². The van der Waals surface area contributed by atoms with Crippen LogP contribution in [0.15, 0.2) is 35.7 Å². The topological polar surface area (TPSA) is 93.8 Å². The number of aliphatic imine (C=N–C) groups is 1. The Labute approximate surface area is 134 Å². The summed E-state index contributed by atoms with van der Waals surface area (Å²) >= 11 is 0. The third-order valence-corrected chi connectivity index (χ3v) is 4.49. The summed E-state index contributed by atoms with van der Waals surface area (Å²) < 4.78 is 0. The number of hydrogen-bond donors (Lipinski definition) is 3. The molecule has 2 atom stereocenters. The Hall–Kier alpha value is -2.38. The summed E-state index contributed by atoms with van der Waals surface area (Å²) in [5.74, 6) is 0. The molecule has 0 bridgehead atoms. The minimum atomic E-state index is -0.381. The molecule has 0 saturated carbocycles. The standard InChI is InChI=1S/C16H20N6O/c1-21-6-4-12(20-16(21)17)11-8-19-15-14(11)13(2-5-18-15)22-7-3-10(23)9-22/h2,4-6,8,10,16,23H,3,7,9,17H2,1H3,(H,18,19). The number of anilines is 1. The fourth-order valence-corrected chi connectivity index (χ4v) is 3.18. The van der Waals surface area contributed by atoms with Gasteiger partial charge in [0.1, 0.15) is 5.65 Å². The molecule has 4 rings (SSSR count). The fraction of sp³-hybridized carbons (Fsp3) is 0.375. The van der Waals surface area contributed by atoms with Crippen LogP contribution in [-0.4, -0.2) is 58.2 Å². The average molecular weight is 312 g/mol. The van der Waals surface area contributed by atoms with E-state index in [0.717, 1.165) is 41.0 Å². The van der Waals surface area contributed by atoms with Crippen LogP contribution in [0.4, 0.5) is 5.69 Å². The Morgan fingerprint density at radius 3 is 3.04 bits per heavy atom. The van der Waals surface area contributed by atoms with E-state index in [4.69, 9.17) is 5.73 Å². The maximum Gasteiger partial charge on any atom is 0.173 e. The van der Waals surface area contributed by atoms with Crippen LogP contribution >= 0.6 is 0 Å². The quantitative estimate of drug-likeness (QED) is 0.756. The number of pyridine rings is 1. The smallest absolute Gasteiger partial charge is 0.173 e. The number of fused-ring (bicyclic) bond motifs is 1. The van der Waals surface area contributed by atoms with Crippen molar-refractivity contribution in [3.05, 3.63) is 36.3 Å². The molecule has 23 heavy (non-hydrogen) atoms. The number of aromatic nitrogens is 2. The lowest BCUT2D eigenvalue weighted by Gasteiger charge is -2.24. The Morgan fingerprint density at radius 1 is 1.43 bits per heavy atom. The molecule has 7 heteroatoms. The van der Waals surface area contributed by atoms with Gasteiger partial charge in [-0.05, 0) is 18.6 Å². The average Bonchev–Trinajstić information content (AvgIpc) is 3.16. The van der Waals surface area contributed by atoms with Crippen LogP contribution in [-0.2, 0) is 0 Å². The predicted molar refractivity (Wildman–Crippen MR) is 90.3 cm³/mol. The number of aliphatic hydroxyl groups excluding tert-OH is 1. The molecule has 2 aliphatic rings. The van der Waals surface area contributed by atoms with Crippen molar-refractivity contribution < 1.29 is 5.11 Å². The summed E-state index contributed by atoms with van der Waals surface area (Å²) in [5.41, 5.74) is 9.75. The lowest BCUT2D eigenvalue weighted by molar-refractivity contribution is 0.198. The Morgan fingerprint density at radius 2 is 2.30 bits per heavy atom. The van der Waals surface area contributed by atoms with Crippen molar-refractivity contribution in [3.8, 4) is 0 Å². The van der Waals surface area contributed by atoms with Crippen molar-refractivity contribution in [2.24, 2.45) is 10.7 Å². The highest BCUT2D eigenvalue weighted by atomic mass is 16.3. The van der Waals surface area contributed by atoms with E-state index < -0.39 is 0 Å². The van der Waals surface area contributed by atoms with Gasteiger partial charge in [-0.25, -0.2) is 9.98 Å². The molecule has 4 N–H and O–H groups in total. The van der Waals surface area contributed by atoms with Crippen molar-refractivity contribution in [2.45, 2.75) is 18.8 Å². The zero-order valence-corrected chi connectivity index (χ0v) is 13.0. The van der Waals surface area contributed by atoms with E-state index >= 15 is 0 Å². The number of aliphatic hydroxyl groups is 1. The van der Waals surface area contributed by atoms with E-state index in [-0.39, 0.29) is 12.4 Å². The first kappa shape index (κ1) is 14.2. The monoisotopic (exact) mass is 312 g/mol. The third-order valence-electron chi connectivity index (χ3n) is 4.49. The van der Waals surface area contributed by atoms with Gasteiger partial charge in [-0.15, -0.1) is 0 Å². The van der Waals surface area contributed by atoms with Gasteiger partial charge in [-0.2, -0.15) is 0 Å². The highest BCUT2D eigenvalue weighted by molar-refractivity contribution is 6.18. The number of hydrogen-bond acceptors (Lipinski definition) is 6. The maximum atomic E-state index is 9.84. The molecular formula is C16H20N6O. The molecule has 4 heterocycles. The van der Waals surface area contributed by atoms with Crippen LogP contribution in [0.25, 0.3) is 11.0 Å². The van der Waals surface area contributed by atoms with Gasteiger partial charge in [0, 0.05) is 44.3 Å². The molecule has 0 aromatic carbocycles. The molecular weight excluding hydrogens is 292 g/mol. The van der Waals surface area contributed by atoms with Gasteiger partial charge in [-0.3, -0.25) is 5.73 Å². The van der Waals surface area contributed by atoms with Gasteiger partial charge in [0.25, 0.3) is 0 Å². The second-order valence-corrected chi connectivity index (χ2v) is 6.05. The third kappa shape index (κ3) is 2.38. The molecule has 0 radical (unpaired) electrons. The highest BCUT2D eigenvalue weighted by Crippen LogP contribution is 2.31. The van der Waals surface area contributed by atoms with Crippen LogP contribution in [0.5, 0.6) is 0 Å². The van der Waals surface area contributed by atoms with Crippen molar-refractivity contribution >= 4 is 22.4 Å². The minimum Gasteiger partial charge on any atom is -0.391 e. The summed E-state index contributed by atoms with van der Waals surface area (Å²) in [6.07, 6.45) is 7.75. The highest BCUT2D eigenvalue weighted by Gasteiger charge is 2.24. The molecule has 2 aliphatic heterocycles. The zero-order valence-electron chi connectivity index (χ0n) is 13.0. The van der Waals surface area contributed by atoms with Gasteiger partial charge < -0.3 is 19.9 Å². The van der Waals surface area contributed by atoms with E-state index in [2.05, 4.69) is 19.9 Å². The fourth-order valence-electron chi connectivity index (χ4n) is 3.18. The maximum absolute atomic E-state index is 9.84. The number of H-pyrrole nitrogens is 1. The van der Waals surface area contributed by atoms with Crippen molar-refractivity contribution in [2.75, 3.05) is 25.0 Å². The molecule has 2 aromatic heterocycles. The number of allylic oxidation sites excluding steroid dienone is 1. The molecule has 7 nitrogen and oxygen atoms in total. The Balaban J connectivity index is 1.83. The predicted octanol–water partition coefficient (Wildman–Crippen LogP) is 0.624. The Kier molecular flexibility index (Phi) is 3.32. The van der Waals surface area contributed by atoms with Crippen LogP contribution in [0, 0.1) is 0 Å². The molecule has 0 aliphatic carbocycles. The van der Waals surface area contributed by atoms with Crippen LogP contribution in [0.2, 0.25) is 0 Å². The number of nitrogens with zero attached hydrogens (tertiary/aromatic N) is 4. The summed E-state index contributed by atoms with van der Waals surface area (Å²) in [7, 11) is 1.90. The first-order valence-electron chi connectivity index (χ1n) is 7.76. The number of aromatic amines is 1. The minimum absolute atomic E-state index is 0.269. The summed E-state index contributed by atoms with van der Waals surface area (Å²) in [5, 5.41) is 10.9. The molecule has 1 saturated heterocycles. The summed E-state index contributed by atoms with van der Waals surface area (Å²) in [6.45, 7) is 1.49. The van der Waals surface area contributed by atoms with Crippen LogP contribution in [0.3, 0.4) is 0 Å². The van der Waals surface area contributed by atoms with Crippen molar-refractivity contribution in [3.63, 3.8) is 0 Å². The first-order chi connectivity index (χ1) is 11.1. The second kappa shape index (κ2) is 5.36. The normalized spacial score (nSPS) is 24.6. The van der Waals surface area contributed by atoms with Crippen molar-refractivity contribution in [1.82, 2.24) is 14.9 Å². The van der Waals surface area contributed by atoms with E-state index in [1.807, 2.05) is 36.5 Å². The SMILES string of the molecule is CN1C=CC(c2c[nH]c3nccc(N4CCC(O)C4)c23)=NC1N. The second-order valence-electron chi connectivity index (χ2n) is 6.05. The van der Waals surface area contributed by atoms with E-state index in [1.165, 1.54) is 0 Å². The van der Waals surface area contributed by atoms with E-state index in [0.29, 0.717) is 6.54 Å². The van der Waals surface area contributed by atoms with E-state index in [9.17, 15) is 5.11 Å². The lowest BCUT2D eigenvalue weighted by atomic mass is 10.1. The number of β-amino-alcohol motifs (C(OH)–C–C–N with tert-alkyl or cyclic N) is 1. The molecule has 1 fully saturated rings. The Bertz CT molecular complexity index is 795. The molecule has 0 spiro atoms. The van der Waals surface area contributed by atoms with Gasteiger partial charge in [0.15, 0.2) is 6.29 Å². The molecule has 120 valence electrons. The van der Waals surface area contributed by atoms with Crippen LogP contribution in [0.1, 0.15) is 12.0 Å². The van der Waals surface area contributed by atoms with Gasteiger partial charge in [0.2, 0.25) is 0 Å². The van der Waals surface area contributed by atoms with Gasteiger partial charge in [-0.1, -0.05) is 0 Å². The van der Waals surface area contributed by atoms with Gasteiger partial charge in [0.05, 0.1) is 22.9 Å².